The SMILES string of the molecule is CO[C@@H]1CN(C)C(=O)c2cc(NS(=O)(=O)c3c(C)noc3C)ccc2OC[C@H](C)NC[C@@H]1C. The van der Waals surface area contributed by atoms with Gasteiger partial charge in [-0.05, 0) is 44.9 Å². The summed E-state index contributed by atoms with van der Waals surface area (Å²) in [5, 5.41) is 7.14. The number of nitrogens with zero attached hydrogens (tertiary/aromatic N) is 2. The highest BCUT2D eigenvalue weighted by molar-refractivity contribution is 7.92. The Morgan fingerprint density at radius 2 is 2.00 bits per heavy atom. The molecular formula is C22H32N4O6S. The van der Waals surface area contributed by atoms with Crippen molar-refractivity contribution in [3.63, 3.8) is 0 Å². The molecule has 0 saturated heterocycles. The van der Waals surface area contributed by atoms with Crippen molar-refractivity contribution in [1.82, 2.24) is 15.4 Å². The van der Waals surface area contributed by atoms with Crippen molar-refractivity contribution in [1.29, 1.82) is 0 Å². The van der Waals surface area contributed by atoms with E-state index in [1.54, 1.807) is 38.1 Å². The second kappa shape index (κ2) is 10.1. The lowest BCUT2D eigenvalue weighted by Gasteiger charge is -2.30. The van der Waals surface area contributed by atoms with Crippen LogP contribution in [0.5, 0.6) is 5.75 Å². The van der Waals surface area contributed by atoms with E-state index in [2.05, 4.69) is 22.1 Å². The molecule has 10 nitrogen and oxygen atoms in total. The molecule has 1 aromatic carbocycles. The number of rotatable bonds is 4. The number of amides is 1. The van der Waals surface area contributed by atoms with Crippen LogP contribution >= 0.6 is 0 Å². The van der Waals surface area contributed by atoms with Gasteiger partial charge in [0.05, 0.1) is 11.7 Å². The Kier molecular flexibility index (Phi) is 7.65. The van der Waals surface area contributed by atoms with Gasteiger partial charge in [0.25, 0.3) is 15.9 Å². The van der Waals surface area contributed by atoms with Gasteiger partial charge in [0.1, 0.15) is 18.1 Å². The maximum Gasteiger partial charge on any atom is 0.267 e. The molecule has 3 atom stereocenters. The maximum absolute atomic E-state index is 13.3. The van der Waals surface area contributed by atoms with Gasteiger partial charge in [0.15, 0.2) is 10.7 Å². The number of likely N-dealkylation sites (N-methyl/N-ethyl adjacent to an activating group) is 1. The van der Waals surface area contributed by atoms with Crippen LogP contribution in [0.4, 0.5) is 5.69 Å². The number of aryl methyl sites for hydroxylation is 2. The Hall–Kier alpha value is -2.63. The first kappa shape index (κ1) is 25.0. The summed E-state index contributed by atoms with van der Waals surface area (Å²) in [5.41, 5.74) is 0.743. The molecule has 1 aliphatic rings. The zero-order valence-corrected chi connectivity index (χ0v) is 20.7. The maximum atomic E-state index is 13.3. The third-order valence-corrected chi connectivity index (χ3v) is 7.34. The predicted octanol–water partition coefficient (Wildman–Crippen LogP) is 2.19. The molecule has 0 unspecified atom stereocenters. The number of hydrogen-bond acceptors (Lipinski definition) is 8. The minimum atomic E-state index is -3.96. The lowest BCUT2D eigenvalue weighted by Crippen LogP contribution is -2.44. The van der Waals surface area contributed by atoms with E-state index < -0.39 is 10.0 Å². The number of carbonyl (C=O) groups is 1. The molecule has 0 radical (unpaired) electrons. The van der Waals surface area contributed by atoms with Crippen LogP contribution in [-0.2, 0) is 14.8 Å². The van der Waals surface area contributed by atoms with E-state index in [0.717, 1.165) is 6.54 Å². The molecule has 11 heteroatoms. The Morgan fingerprint density at radius 1 is 1.27 bits per heavy atom. The lowest BCUT2D eigenvalue weighted by atomic mass is 10.0. The molecule has 0 bridgehead atoms. The van der Waals surface area contributed by atoms with Crippen LogP contribution in [-0.4, -0.2) is 70.4 Å². The number of fused-ring (bicyclic) bond motifs is 1. The topological polar surface area (TPSA) is 123 Å². The second-order valence-electron chi connectivity index (χ2n) is 8.53. The van der Waals surface area contributed by atoms with Crippen LogP contribution in [0, 0.1) is 19.8 Å². The highest BCUT2D eigenvalue weighted by atomic mass is 32.2. The van der Waals surface area contributed by atoms with E-state index in [9.17, 15) is 13.2 Å². The molecule has 2 N–H and O–H groups in total. The smallest absolute Gasteiger partial charge is 0.267 e. The van der Waals surface area contributed by atoms with Crippen LogP contribution in [0.15, 0.2) is 27.6 Å². The van der Waals surface area contributed by atoms with Crippen LogP contribution < -0.4 is 14.8 Å². The zero-order chi connectivity index (χ0) is 24.3. The van der Waals surface area contributed by atoms with E-state index in [1.165, 1.54) is 13.0 Å². The third kappa shape index (κ3) is 5.66. The van der Waals surface area contributed by atoms with Crippen molar-refractivity contribution in [2.45, 2.75) is 44.7 Å². The summed E-state index contributed by atoms with van der Waals surface area (Å²) in [6, 6.07) is 4.69. The predicted molar refractivity (Wildman–Crippen MR) is 123 cm³/mol. The molecule has 0 spiro atoms. The van der Waals surface area contributed by atoms with Crippen LogP contribution in [0.1, 0.15) is 35.7 Å². The minimum Gasteiger partial charge on any atom is -0.491 e. The number of anilines is 1. The first-order valence-electron chi connectivity index (χ1n) is 10.8. The van der Waals surface area contributed by atoms with Gasteiger partial charge in [0, 0.05) is 39.0 Å². The number of carbonyl (C=O) groups excluding carboxylic acids is 1. The number of aromatic nitrogens is 1. The summed E-state index contributed by atoms with van der Waals surface area (Å²) in [6.07, 6.45) is -0.163. The molecule has 182 valence electrons. The van der Waals surface area contributed by atoms with Crippen LogP contribution in [0.3, 0.4) is 0 Å². The fraction of sp³-hybridized carbons (Fsp3) is 0.545. The molecular weight excluding hydrogens is 448 g/mol. The molecule has 33 heavy (non-hydrogen) atoms. The van der Waals surface area contributed by atoms with E-state index in [4.69, 9.17) is 14.0 Å². The number of benzene rings is 1. The molecule has 0 aliphatic carbocycles. The van der Waals surface area contributed by atoms with Crippen molar-refractivity contribution < 1.29 is 27.2 Å². The van der Waals surface area contributed by atoms with E-state index in [0.29, 0.717) is 18.9 Å². The average Bonchev–Trinajstić information content (AvgIpc) is 3.11. The molecule has 2 heterocycles. The van der Waals surface area contributed by atoms with Crippen molar-refractivity contribution in [2.75, 3.05) is 38.6 Å². The number of nitrogens with one attached hydrogen (secondary N) is 2. The molecule has 1 aliphatic heterocycles. The van der Waals surface area contributed by atoms with Gasteiger partial charge in [-0.1, -0.05) is 12.1 Å². The highest BCUT2D eigenvalue weighted by Crippen LogP contribution is 2.28. The second-order valence-corrected chi connectivity index (χ2v) is 10.1. The van der Waals surface area contributed by atoms with E-state index >= 15 is 0 Å². The lowest BCUT2D eigenvalue weighted by molar-refractivity contribution is 0.0281. The molecule has 3 rings (SSSR count). The Balaban J connectivity index is 1.96. The van der Waals surface area contributed by atoms with Gasteiger partial charge in [0.2, 0.25) is 0 Å². The zero-order valence-electron chi connectivity index (χ0n) is 19.8. The Labute approximate surface area is 194 Å². The van der Waals surface area contributed by atoms with Gasteiger partial charge in [-0.3, -0.25) is 9.52 Å². The molecule has 1 amide bonds. The largest absolute Gasteiger partial charge is 0.491 e. The normalized spacial score (nSPS) is 22.7. The van der Waals surface area contributed by atoms with Crippen molar-refractivity contribution in [2.24, 2.45) is 5.92 Å². The molecule has 0 saturated carbocycles. The fourth-order valence-corrected chi connectivity index (χ4v) is 5.17. The number of hydrogen-bond donors (Lipinski definition) is 2. The third-order valence-electron chi connectivity index (χ3n) is 5.71. The first-order valence-corrected chi connectivity index (χ1v) is 12.3. The van der Waals surface area contributed by atoms with Crippen molar-refractivity contribution in [3.05, 3.63) is 35.2 Å². The average molecular weight is 481 g/mol. The van der Waals surface area contributed by atoms with Gasteiger partial charge >= 0.3 is 0 Å². The molecule has 1 aromatic heterocycles. The number of ether oxygens (including phenoxy) is 2. The summed E-state index contributed by atoms with van der Waals surface area (Å²) in [7, 11) is -0.639. The van der Waals surface area contributed by atoms with E-state index in [-0.39, 0.29) is 51.6 Å². The number of sulfonamides is 1. The summed E-state index contributed by atoms with van der Waals surface area (Å²) < 4.78 is 44.9. The van der Waals surface area contributed by atoms with Crippen LogP contribution in [0.25, 0.3) is 0 Å². The molecule has 0 fully saturated rings. The molecule has 2 aromatic rings. The van der Waals surface area contributed by atoms with Crippen molar-refractivity contribution in [3.8, 4) is 5.75 Å². The standard InChI is InChI=1S/C22H32N4O6S/c1-13-10-23-14(2)12-31-19-8-7-17(9-18(19)22(27)26(5)11-20(13)30-6)25-33(28,29)21-15(3)24-32-16(21)4/h7-9,13-14,20,23,25H,10-12H2,1-6H3/t13-,14-,20+/m0/s1. The highest BCUT2D eigenvalue weighted by Gasteiger charge is 2.27. The van der Waals surface area contributed by atoms with Gasteiger partial charge in [-0.15, -0.1) is 0 Å². The minimum absolute atomic E-state index is 0.0215. The number of methoxy groups -OCH3 is 1. The monoisotopic (exact) mass is 480 g/mol. The van der Waals surface area contributed by atoms with Crippen LogP contribution in [0.2, 0.25) is 0 Å². The Bertz CT molecular complexity index is 1080. The Morgan fingerprint density at radius 3 is 2.64 bits per heavy atom. The summed E-state index contributed by atoms with van der Waals surface area (Å²) in [5.74, 6) is 0.439. The van der Waals surface area contributed by atoms with Gasteiger partial charge in [-0.25, -0.2) is 8.42 Å². The van der Waals surface area contributed by atoms with E-state index in [1.807, 2.05) is 6.92 Å². The first-order chi connectivity index (χ1) is 15.5. The summed E-state index contributed by atoms with van der Waals surface area (Å²) >= 11 is 0. The van der Waals surface area contributed by atoms with Gasteiger partial charge < -0.3 is 24.2 Å². The fourth-order valence-electron chi connectivity index (χ4n) is 3.79. The summed E-state index contributed by atoms with van der Waals surface area (Å²) in [6.45, 7) is 8.59. The summed E-state index contributed by atoms with van der Waals surface area (Å²) in [4.78, 5) is 14.9. The van der Waals surface area contributed by atoms with Gasteiger partial charge in [-0.2, -0.15) is 0 Å². The van der Waals surface area contributed by atoms with Crippen molar-refractivity contribution >= 4 is 21.6 Å². The quantitative estimate of drug-likeness (QED) is 0.683.